The molecule has 5 N–H and O–H groups in total. The molecule has 0 spiro atoms. The highest BCUT2D eigenvalue weighted by atomic mass is 32.3. The molecule has 0 aliphatic carbocycles. The van der Waals surface area contributed by atoms with Crippen LogP contribution >= 0.6 is 11.1 Å². The molecule has 0 saturated carbocycles. The monoisotopic (exact) mass is 886 g/mol. The van der Waals surface area contributed by atoms with E-state index in [1.54, 1.807) is 43.3 Å². The quantitative estimate of drug-likeness (QED) is 0.0647. The molecule has 0 saturated heterocycles. The number of hydrogen-bond donors (Lipinski definition) is 5. The maximum atomic E-state index is 12.5. The summed E-state index contributed by atoms with van der Waals surface area (Å²) in [5.74, 6) is 3.61. The number of rotatable bonds is 14. The Bertz CT molecular complexity index is 2510. The Hall–Kier alpha value is -5.86. The number of nitrogens with zero attached hydrogens (tertiary/aromatic N) is 3. The molecule has 0 atom stereocenters. The van der Waals surface area contributed by atoms with E-state index in [4.69, 9.17) is 32.0 Å². The number of anilines is 1. The fraction of sp³-hybridized carbons (Fsp3) is 0.262. The Morgan fingerprint density at radius 2 is 1.25 bits per heavy atom. The number of hydrogen-bond acceptors (Lipinski definition) is 13. The normalized spacial score (nSPS) is 12.5. The molecule has 0 fully saturated rings. The van der Waals surface area contributed by atoms with Crippen LogP contribution in [0.2, 0.25) is 0 Å². The number of aromatic hydroxyl groups is 1. The average Bonchev–Trinajstić information content (AvgIpc) is 3.75. The number of aryl methyl sites for hydroxylation is 2. The van der Waals surface area contributed by atoms with Crippen LogP contribution in [0.1, 0.15) is 54.8 Å². The molecule has 19 heteroatoms. The number of alkyl halides is 3. The summed E-state index contributed by atoms with van der Waals surface area (Å²) in [5.41, 5.74) is -1.32. The Balaban J connectivity index is 0.000000237. The van der Waals surface area contributed by atoms with E-state index in [0.29, 0.717) is 59.7 Å². The van der Waals surface area contributed by atoms with Crippen molar-refractivity contribution in [1.29, 1.82) is 0 Å². The summed E-state index contributed by atoms with van der Waals surface area (Å²) >= 11 is -3.88. The second-order valence-electron chi connectivity index (χ2n) is 14.5. The van der Waals surface area contributed by atoms with Crippen LogP contribution in [0.15, 0.2) is 110 Å². The third-order valence-corrected chi connectivity index (χ3v) is 10.2. The third-order valence-electron chi connectivity index (χ3n) is 8.71. The highest BCUT2D eigenvalue weighted by Crippen LogP contribution is 2.35. The highest BCUT2D eigenvalue weighted by molar-refractivity contribution is 8.18. The van der Waals surface area contributed by atoms with Crippen LogP contribution in [0, 0.1) is 13.8 Å². The first-order valence-corrected chi connectivity index (χ1v) is 21.4. The summed E-state index contributed by atoms with van der Waals surface area (Å²) in [6, 6.07) is 26.8. The van der Waals surface area contributed by atoms with Crippen LogP contribution in [0.25, 0.3) is 22.9 Å². The van der Waals surface area contributed by atoms with Gasteiger partial charge in [0, 0.05) is 41.4 Å². The van der Waals surface area contributed by atoms with Crippen molar-refractivity contribution in [3.8, 4) is 40.2 Å². The maximum Gasteiger partial charge on any atom is 0.516 e. The molecule has 4 aromatic carbocycles. The number of sulfonamides is 1. The number of halogens is 3. The molecule has 2 aromatic heterocycles. The lowest BCUT2D eigenvalue weighted by Gasteiger charge is -2.20. The first-order chi connectivity index (χ1) is 28.6. The van der Waals surface area contributed by atoms with Gasteiger partial charge in [0.15, 0.2) is 11.1 Å². The zero-order valence-corrected chi connectivity index (χ0v) is 35.3. The van der Waals surface area contributed by atoms with Crippen LogP contribution in [-0.4, -0.2) is 62.1 Å². The number of phenols is 1. The highest BCUT2D eigenvalue weighted by Gasteiger charge is 2.46. The Labute approximate surface area is 352 Å². The standard InChI is InChI=1S/C23H25F3N2O5S.C19H20N2O5S/c1-14-19(27-21(33-14)15-5-10-20(29)18(13-15)22(2,3)4)11-12-32-17-8-6-16(7-9-17)28-34(30,31)23(24,25)26;1-14-18(21-19(26-14)16-5-3-2-4-6-16)11-12-25-17-9-7-15(8-10-17)13-20-27(22,23)24/h5-10,13,28-29H,11-12H2,1-4H3;2-10,13,22-24H,11-12H2,1H3. The van der Waals surface area contributed by atoms with Crippen LogP contribution in [0.5, 0.6) is 17.2 Å². The van der Waals surface area contributed by atoms with Crippen molar-refractivity contribution < 1.29 is 58.7 Å². The minimum atomic E-state index is -5.48. The number of benzene rings is 4. The van der Waals surface area contributed by atoms with Gasteiger partial charge in [-0.05, 0) is 104 Å². The number of nitrogens with one attached hydrogen (secondary N) is 1. The fourth-order valence-corrected chi connectivity index (χ4v) is 6.39. The van der Waals surface area contributed by atoms with Gasteiger partial charge in [-0.2, -0.15) is 26.0 Å². The van der Waals surface area contributed by atoms with E-state index in [1.807, 2.05) is 64.1 Å². The van der Waals surface area contributed by atoms with E-state index >= 15 is 0 Å². The lowest BCUT2D eigenvalue weighted by atomic mass is 9.85. The summed E-state index contributed by atoms with van der Waals surface area (Å²) in [4.78, 5) is 9.07. The number of ether oxygens (including phenoxy) is 2. The first kappa shape index (κ1) is 46.2. The zero-order chi connectivity index (χ0) is 44.6. The van der Waals surface area contributed by atoms with Gasteiger partial charge in [-0.15, -0.1) is 0 Å². The molecule has 6 aromatic rings. The van der Waals surface area contributed by atoms with Crippen LogP contribution in [0.4, 0.5) is 18.9 Å². The summed E-state index contributed by atoms with van der Waals surface area (Å²) < 4.78 is 114. The van der Waals surface area contributed by atoms with Gasteiger partial charge < -0.3 is 23.4 Å². The van der Waals surface area contributed by atoms with Crippen molar-refractivity contribution in [1.82, 2.24) is 9.97 Å². The van der Waals surface area contributed by atoms with E-state index in [1.165, 1.54) is 35.2 Å². The van der Waals surface area contributed by atoms with Gasteiger partial charge in [-0.25, -0.2) is 9.97 Å². The van der Waals surface area contributed by atoms with Gasteiger partial charge in [0.25, 0.3) is 0 Å². The predicted molar refractivity (Wildman–Crippen MR) is 227 cm³/mol. The molecule has 2 heterocycles. The molecule has 326 valence electrons. The topological polar surface area (TPSA) is 210 Å². The zero-order valence-electron chi connectivity index (χ0n) is 33.7. The van der Waals surface area contributed by atoms with Crippen molar-refractivity contribution in [3.63, 3.8) is 0 Å². The van der Waals surface area contributed by atoms with E-state index in [9.17, 15) is 26.7 Å². The Kier molecular flexibility index (Phi) is 14.6. The first-order valence-electron chi connectivity index (χ1n) is 18.5. The molecule has 6 rings (SSSR count). The van der Waals surface area contributed by atoms with E-state index in [0.717, 1.165) is 28.1 Å². The van der Waals surface area contributed by atoms with E-state index < -0.39 is 26.6 Å². The molecule has 0 radical (unpaired) electrons. The van der Waals surface area contributed by atoms with Gasteiger partial charge in [0.2, 0.25) is 11.8 Å². The van der Waals surface area contributed by atoms with Crippen molar-refractivity contribution in [2.75, 3.05) is 17.9 Å². The van der Waals surface area contributed by atoms with Crippen LogP contribution in [-0.2, 0) is 28.3 Å². The predicted octanol–water partition coefficient (Wildman–Crippen LogP) is 10.4. The molecular formula is C42H45F3N4O10S2. The Morgan fingerprint density at radius 1 is 0.738 bits per heavy atom. The molecule has 0 unspecified atom stereocenters. The fourth-order valence-electron chi connectivity index (χ4n) is 5.56. The average molecular weight is 887 g/mol. The van der Waals surface area contributed by atoms with Crippen molar-refractivity contribution >= 4 is 33.0 Å². The summed E-state index contributed by atoms with van der Waals surface area (Å²) in [6.45, 7) is 10.3. The van der Waals surface area contributed by atoms with Gasteiger partial charge in [0.05, 0.1) is 24.6 Å². The van der Waals surface area contributed by atoms with Crippen molar-refractivity contribution in [2.45, 2.75) is 58.4 Å². The summed E-state index contributed by atoms with van der Waals surface area (Å²) in [5, 5.41) is 10.2. The van der Waals surface area contributed by atoms with E-state index in [-0.39, 0.29) is 23.5 Å². The minimum Gasteiger partial charge on any atom is -0.508 e. The second-order valence-corrected chi connectivity index (χ2v) is 17.3. The van der Waals surface area contributed by atoms with Gasteiger partial charge in [-0.3, -0.25) is 18.4 Å². The van der Waals surface area contributed by atoms with Gasteiger partial charge in [-0.1, -0.05) is 39.0 Å². The van der Waals surface area contributed by atoms with E-state index in [2.05, 4.69) is 14.4 Å². The number of oxazole rings is 2. The Morgan fingerprint density at radius 3 is 1.74 bits per heavy atom. The molecule has 61 heavy (non-hydrogen) atoms. The minimum absolute atomic E-state index is 0.199. The summed E-state index contributed by atoms with van der Waals surface area (Å²) in [6.07, 6.45) is 2.20. The molecule has 0 amide bonds. The second kappa shape index (κ2) is 19.2. The lowest BCUT2D eigenvalue weighted by Crippen LogP contribution is -2.29. The molecule has 14 nitrogen and oxygen atoms in total. The molecule has 0 aliphatic rings. The van der Waals surface area contributed by atoms with Crippen LogP contribution in [0.3, 0.4) is 0 Å². The third kappa shape index (κ3) is 13.3. The van der Waals surface area contributed by atoms with Gasteiger partial charge >= 0.3 is 15.5 Å². The number of phenolic OH excluding ortho intramolecular Hbond substituents is 1. The molecular weight excluding hydrogens is 842 g/mol. The molecule has 0 aliphatic heterocycles. The maximum absolute atomic E-state index is 12.5. The molecule has 0 bridgehead atoms. The largest absolute Gasteiger partial charge is 0.516 e. The summed E-state index contributed by atoms with van der Waals surface area (Å²) in [7, 11) is -5.48. The van der Waals surface area contributed by atoms with Gasteiger partial charge in [0.1, 0.15) is 28.8 Å². The van der Waals surface area contributed by atoms with Crippen molar-refractivity contribution in [2.24, 2.45) is 4.40 Å². The SMILES string of the molecule is Cc1oc(-c2ccc(O)c(C(C)(C)C)c2)nc1CCOc1ccc(NS(=O)(=O)C(F)(F)F)cc1.Cc1oc(-c2ccccc2)nc1CCOc1ccc(C=NS(O)(O)O)cc1. The number of aromatic nitrogens is 2. The smallest absolute Gasteiger partial charge is 0.508 e. The van der Waals surface area contributed by atoms with Crippen LogP contribution < -0.4 is 14.2 Å². The lowest BCUT2D eigenvalue weighted by molar-refractivity contribution is -0.0429. The van der Waals surface area contributed by atoms with Crippen molar-refractivity contribution in [3.05, 3.63) is 131 Å².